The number of carbonyl (C=O) groups is 3. The van der Waals surface area contributed by atoms with Crippen LogP contribution in [-0.2, 0) is 9.53 Å². The lowest BCUT2D eigenvalue weighted by Crippen LogP contribution is -2.46. The number of nitrogens with one attached hydrogen (secondary N) is 3. The first-order valence-electron chi connectivity index (χ1n) is 10.4. The van der Waals surface area contributed by atoms with Gasteiger partial charge in [0.05, 0.1) is 6.42 Å². The fraction of sp³-hybridized carbons (Fsp3) is 0.217. The number of carbonyl (C=O) groups excluding carboxylic acids is 2. The predicted molar refractivity (Wildman–Crippen MR) is 117 cm³/mol. The van der Waals surface area contributed by atoms with Crippen LogP contribution in [0.5, 0.6) is 0 Å². The minimum Gasteiger partial charge on any atom is -0.481 e. The Balaban J connectivity index is 1.37. The third-order valence-corrected chi connectivity index (χ3v) is 5.48. The first-order chi connectivity index (χ1) is 16.6. The lowest BCUT2D eigenvalue weighted by Gasteiger charge is -2.19. The highest BCUT2D eigenvalue weighted by molar-refractivity contribution is 5.94. The van der Waals surface area contributed by atoms with Crippen molar-refractivity contribution in [2.75, 3.05) is 11.9 Å². The zero-order chi connectivity index (χ0) is 25.2. The van der Waals surface area contributed by atoms with E-state index in [0.717, 1.165) is 28.3 Å². The number of benzene rings is 2. The first-order valence-corrected chi connectivity index (χ1v) is 10.4. The summed E-state index contributed by atoms with van der Waals surface area (Å²) in [6.07, 6.45) is -7.17. The van der Waals surface area contributed by atoms with Crippen molar-refractivity contribution in [2.45, 2.75) is 24.6 Å². The molecule has 1 heterocycles. The molecule has 0 bridgehead atoms. The second-order valence-electron chi connectivity index (χ2n) is 7.78. The number of hydrogen-bond acceptors (Lipinski definition) is 5. The van der Waals surface area contributed by atoms with Crippen LogP contribution >= 0.6 is 0 Å². The lowest BCUT2D eigenvalue weighted by molar-refractivity contribution is -0.165. The van der Waals surface area contributed by atoms with Crippen LogP contribution in [0.25, 0.3) is 11.1 Å². The monoisotopic (exact) mass is 488 g/mol. The molecule has 1 aliphatic carbocycles. The van der Waals surface area contributed by atoms with E-state index in [1.165, 1.54) is 0 Å². The predicted octanol–water partition coefficient (Wildman–Crippen LogP) is 3.91. The maximum Gasteiger partial charge on any atom is 0.412 e. The second-order valence-corrected chi connectivity index (χ2v) is 7.78. The van der Waals surface area contributed by atoms with Crippen molar-refractivity contribution in [3.8, 4) is 11.1 Å². The van der Waals surface area contributed by atoms with Gasteiger partial charge in [0.2, 0.25) is 0 Å². The second kappa shape index (κ2) is 9.49. The molecule has 2 aromatic carbocycles. The molecule has 0 saturated heterocycles. The molecule has 35 heavy (non-hydrogen) atoms. The number of H-pyrrole nitrogens is 1. The van der Waals surface area contributed by atoms with E-state index in [-0.39, 0.29) is 18.3 Å². The molecule has 2 amide bonds. The molecule has 1 unspecified atom stereocenters. The number of rotatable bonds is 7. The molecule has 3 aromatic rings. The van der Waals surface area contributed by atoms with Crippen molar-refractivity contribution in [1.82, 2.24) is 15.5 Å². The van der Waals surface area contributed by atoms with Crippen LogP contribution < -0.4 is 10.6 Å². The maximum atomic E-state index is 13.0. The van der Waals surface area contributed by atoms with E-state index in [1.807, 2.05) is 48.5 Å². The van der Waals surface area contributed by atoms with E-state index >= 15 is 0 Å². The third-order valence-electron chi connectivity index (χ3n) is 5.48. The van der Waals surface area contributed by atoms with Crippen molar-refractivity contribution < 1.29 is 37.4 Å². The zero-order valence-corrected chi connectivity index (χ0v) is 17.9. The van der Waals surface area contributed by atoms with Gasteiger partial charge in [-0.25, -0.2) is 4.79 Å². The summed E-state index contributed by atoms with van der Waals surface area (Å²) in [4.78, 5) is 35.1. The summed E-state index contributed by atoms with van der Waals surface area (Å²) in [7, 11) is 0. The Kier molecular flexibility index (Phi) is 6.45. The number of aromatic amines is 1. The molecule has 1 atom stereocenters. The van der Waals surface area contributed by atoms with E-state index in [1.54, 1.807) is 5.32 Å². The molecule has 0 fully saturated rings. The standard InChI is InChI=1S/C23H19F3N4O5/c24-23(25,26)18(10-20(31)32)27-21(33)17-9-19(30-29-17)28-22(34)35-11-16-14-7-3-1-5-12(14)13-6-2-4-8-15(13)16/h1-9,16,18H,10-11H2,(H,27,33)(H,31,32)(H2,28,29,30,34). The number of nitrogens with zero attached hydrogens (tertiary/aromatic N) is 1. The van der Waals surface area contributed by atoms with Crippen LogP contribution in [0, 0.1) is 0 Å². The van der Waals surface area contributed by atoms with Crippen LogP contribution in [0.2, 0.25) is 0 Å². The fourth-order valence-corrected chi connectivity index (χ4v) is 3.90. The van der Waals surface area contributed by atoms with E-state index in [2.05, 4.69) is 15.5 Å². The van der Waals surface area contributed by atoms with Crippen molar-refractivity contribution >= 4 is 23.8 Å². The molecule has 1 aromatic heterocycles. The molecule has 0 radical (unpaired) electrons. The van der Waals surface area contributed by atoms with Gasteiger partial charge < -0.3 is 15.2 Å². The van der Waals surface area contributed by atoms with E-state index < -0.39 is 42.3 Å². The summed E-state index contributed by atoms with van der Waals surface area (Å²) in [5, 5.41) is 18.4. The molecule has 4 rings (SSSR count). The van der Waals surface area contributed by atoms with Crippen LogP contribution in [0.3, 0.4) is 0 Å². The lowest BCUT2D eigenvalue weighted by atomic mass is 9.98. The highest BCUT2D eigenvalue weighted by atomic mass is 19.4. The molecule has 9 nitrogen and oxygen atoms in total. The van der Waals surface area contributed by atoms with Crippen molar-refractivity contribution in [3.05, 3.63) is 71.4 Å². The highest BCUT2D eigenvalue weighted by Gasteiger charge is 2.42. The largest absolute Gasteiger partial charge is 0.481 e. The van der Waals surface area contributed by atoms with Crippen molar-refractivity contribution in [3.63, 3.8) is 0 Å². The first kappa shape index (κ1) is 23.8. The van der Waals surface area contributed by atoms with E-state index in [0.29, 0.717) is 0 Å². The van der Waals surface area contributed by atoms with Gasteiger partial charge in [0, 0.05) is 12.0 Å². The van der Waals surface area contributed by atoms with Crippen molar-refractivity contribution in [2.24, 2.45) is 0 Å². The van der Waals surface area contributed by atoms with Gasteiger partial charge in [-0.2, -0.15) is 18.3 Å². The van der Waals surface area contributed by atoms with Gasteiger partial charge in [-0.05, 0) is 22.3 Å². The number of amides is 2. The number of ether oxygens (including phenoxy) is 1. The van der Waals surface area contributed by atoms with Gasteiger partial charge in [-0.1, -0.05) is 48.5 Å². The normalized spacial score (nSPS) is 13.5. The molecular formula is C23H19F3N4O5. The van der Waals surface area contributed by atoms with Gasteiger partial charge >= 0.3 is 18.2 Å². The van der Waals surface area contributed by atoms with Gasteiger partial charge in [-0.15, -0.1) is 0 Å². The summed E-state index contributed by atoms with van der Waals surface area (Å²) in [5.41, 5.74) is 3.74. The zero-order valence-electron chi connectivity index (χ0n) is 17.9. The number of carboxylic acid groups (broad SMARTS) is 1. The Labute approximate surface area is 196 Å². The van der Waals surface area contributed by atoms with Crippen LogP contribution in [0.4, 0.5) is 23.8 Å². The topological polar surface area (TPSA) is 133 Å². The number of carboxylic acids is 1. The molecular weight excluding hydrogens is 469 g/mol. The van der Waals surface area contributed by atoms with Gasteiger partial charge in [0.25, 0.3) is 5.91 Å². The summed E-state index contributed by atoms with van der Waals surface area (Å²) in [5.74, 6) is -3.30. The molecule has 0 aliphatic heterocycles. The number of fused-ring (bicyclic) bond motifs is 3. The molecule has 0 spiro atoms. The number of alkyl halides is 3. The number of anilines is 1. The van der Waals surface area contributed by atoms with Gasteiger partial charge in [0.1, 0.15) is 18.3 Å². The minimum absolute atomic E-state index is 0.0279. The average Bonchev–Trinajstić information content (AvgIpc) is 3.39. The van der Waals surface area contributed by atoms with E-state index in [9.17, 15) is 27.6 Å². The number of halogens is 3. The Morgan fingerprint density at radius 3 is 2.23 bits per heavy atom. The molecule has 182 valence electrons. The smallest absolute Gasteiger partial charge is 0.412 e. The summed E-state index contributed by atoms with van der Waals surface area (Å²) in [6.45, 7) is 0.0279. The van der Waals surface area contributed by atoms with Crippen molar-refractivity contribution in [1.29, 1.82) is 0 Å². The molecule has 4 N–H and O–H groups in total. The summed E-state index contributed by atoms with van der Waals surface area (Å²) in [6, 6.07) is 14.0. The number of aromatic nitrogens is 2. The Morgan fingerprint density at radius 2 is 1.66 bits per heavy atom. The van der Waals surface area contributed by atoms with Gasteiger partial charge in [0.15, 0.2) is 5.82 Å². The van der Waals surface area contributed by atoms with E-state index in [4.69, 9.17) is 9.84 Å². The molecule has 12 heteroatoms. The third kappa shape index (κ3) is 5.26. The van der Waals surface area contributed by atoms with Gasteiger partial charge in [-0.3, -0.25) is 20.0 Å². The Morgan fingerprint density at radius 1 is 1.06 bits per heavy atom. The number of hydrogen-bond donors (Lipinski definition) is 4. The molecule has 0 saturated carbocycles. The maximum absolute atomic E-state index is 13.0. The Bertz CT molecular complexity index is 1230. The SMILES string of the molecule is O=C(O)CC(NC(=O)c1cc(NC(=O)OCC2c3ccccc3-c3ccccc32)n[nH]1)C(F)(F)F. The summed E-state index contributed by atoms with van der Waals surface area (Å²) >= 11 is 0. The highest BCUT2D eigenvalue weighted by Crippen LogP contribution is 2.44. The average molecular weight is 488 g/mol. The van der Waals surface area contributed by atoms with Crippen LogP contribution in [-0.4, -0.2) is 52.1 Å². The van der Waals surface area contributed by atoms with Crippen LogP contribution in [0.1, 0.15) is 34.0 Å². The molecule has 1 aliphatic rings. The van der Waals surface area contributed by atoms with Crippen LogP contribution in [0.15, 0.2) is 54.6 Å². The minimum atomic E-state index is -4.96. The summed E-state index contributed by atoms with van der Waals surface area (Å²) < 4.78 is 44.2. The fourth-order valence-electron chi connectivity index (χ4n) is 3.90. The quantitative estimate of drug-likeness (QED) is 0.399. The Hall–Kier alpha value is -4.35. The number of aliphatic carboxylic acids is 1.